The van der Waals surface area contributed by atoms with E-state index in [9.17, 15) is 14.3 Å². The van der Waals surface area contributed by atoms with E-state index in [0.717, 1.165) is 32.1 Å². The Balaban J connectivity index is 4.25. The van der Waals surface area contributed by atoms with Gasteiger partial charge < -0.3 is 20.1 Å². The highest BCUT2D eigenvalue weighted by Gasteiger charge is 2.25. The second-order valence-electron chi connectivity index (χ2n) is 8.57. The molecule has 0 aliphatic rings. The van der Waals surface area contributed by atoms with Gasteiger partial charge in [0.25, 0.3) is 0 Å². The Kier molecular flexibility index (Phi) is 22.9. The van der Waals surface area contributed by atoms with Crippen LogP contribution in [-0.4, -0.2) is 49.9 Å². The van der Waals surface area contributed by atoms with Crippen molar-refractivity contribution in [3.63, 3.8) is 0 Å². The van der Waals surface area contributed by atoms with Crippen molar-refractivity contribution >= 4 is 13.8 Å². The first-order valence-electron chi connectivity index (χ1n) is 13.0. The van der Waals surface area contributed by atoms with Crippen molar-refractivity contribution in [1.82, 2.24) is 0 Å². The monoisotopic (exact) mass is 495 g/mol. The van der Waals surface area contributed by atoms with Crippen LogP contribution in [0.15, 0.2) is 0 Å². The molecule has 8 nitrogen and oxygen atoms in total. The molecule has 3 N–H and O–H groups in total. The van der Waals surface area contributed by atoms with E-state index in [1.54, 1.807) is 0 Å². The van der Waals surface area contributed by atoms with Crippen LogP contribution in [0.4, 0.5) is 0 Å². The molecule has 0 heterocycles. The highest BCUT2D eigenvalue weighted by Crippen LogP contribution is 2.43. The first-order valence-corrected chi connectivity index (χ1v) is 14.5. The van der Waals surface area contributed by atoms with Crippen molar-refractivity contribution in [3.05, 3.63) is 0 Å². The van der Waals surface area contributed by atoms with Gasteiger partial charge in [-0.15, -0.1) is 0 Å². The highest BCUT2D eigenvalue weighted by atomic mass is 31.2. The van der Waals surface area contributed by atoms with E-state index < -0.39 is 13.9 Å². The number of ether oxygens (including phenoxy) is 2. The topological polar surface area (TPSA) is 117 Å². The minimum Gasteiger partial charge on any atom is -0.457 e. The van der Waals surface area contributed by atoms with Crippen LogP contribution in [0, 0.1) is 0 Å². The third kappa shape index (κ3) is 23.0. The molecule has 0 saturated carbocycles. The maximum atomic E-state index is 12.2. The summed E-state index contributed by atoms with van der Waals surface area (Å²) in [5.74, 6) is -0.340. The largest absolute Gasteiger partial charge is 0.472 e. The molecule has 0 fully saturated rings. The average molecular weight is 496 g/mol. The molecule has 0 amide bonds. The summed E-state index contributed by atoms with van der Waals surface area (Å²) in [4.78, 5) is 21.9. The Morgan fingerprint density at radius 2 is 1.33 bits per heavy atom. The number of carbonyl (C=O) groups excluding carboxylic acids is 1. The van der Waals surface area contributed by atoms with Gasteiger partial charge in [-0.3, -0.25) is 13.8 Å². The van der Waals surface area contributed by atoms with E-state index >= 15 is 0 Å². The third-order valence-corrected chi connectivity index (χ3v) is 6.26. The number of hydrogen-bond acceptors (Lipinski definition) is 7. The summed E-state index contributed by atoms with van der Waals surface area (Å²) in [7, 11) is -4.24. The number of rotatable bonds is 25. The first-order chi connectivity index (χ1) is 15.9. The number of hydrogen-bond donors (Lipinski definition) is 2. The molecular formula is C24H50NO7P. The van der Waals surface area contributed by atoms with Gasteiger partial charge in [-0.2, -0.15) is 0 Å². The minimum atomic E-state index is -4.24. The second-order valence-corrected chi connectivity index (χ2v) is 10.0. The van der Waals surface area contributed by atoms with Gasteiger partial charge in [0.1, 0.15) is 6.10 Å². The summed E-state index contributed by atoms with van der Waals surface area (Å²) in [5.41, 5.74) is 5.29. The molecule has 0 rings (SSSR count). The lowest BCUT2D eigenvalue weighted by atomic mass is 10.1. The predicted molar refractivity (Wildman–Crippen MR) is 132 cm³/mol. The lowest BCUT2D eigenvalue weighted by Gasteiger charge is -2.20. The number of phosphoric ester groups is 1. The molecule has 198 valence electrons. The molecule has 0 aromatic rings. The SMILES string of the molecule is CCCCCCCCCOCC(COP(=O)(O)OCCN)OC(=O)CCCCCCCCC. The van der Waals surface area contributed by atoms with Crippen molar-refractivity contribution in [2.75, 3.05) is 33.0 Å². The molecule has 9 heteroatoms. The van der Waals surface area contributed by atoms with E-state index in [0.29, 0.717) is 13.0 Å². The maximum Gasteiger partial charge on any atom is 0.472 e. The summed E-state index contributed by atoms with van der Waals surface area (Å²) < 4.78 is 32.7. The zero-order valence-corrected chi connectivity index (χ0v) is 22.0. The van der Waals surface area contributed by atoms with Crippen LogP contribution < -0.4 is 5.73 Å². The fourth-order valence-corrected chi connectivity index (χ4v) is 4.11. The van der Waals surface area contributed by atoms with Gasteiger partial charge in [0.05, 0.1) is 19.8 Å². The van der Waals surface area contributed by atoms with Gasteiger partial charge in [0, 0.05) is 19.6 Å². The van der Waals surface area contributed by atoms with E-state index in [2.05, 4.69) is 13.8 Å². The molecular weight excluding hydrogens is 445 g/mol. The van der Waals surface area contributed by atoms with Gasteiger partial charge in [-0.25, -0.2) is 4.57 Å². The van der Waals surface area contributed by atoms with Crippen LogP contribution in [-0.2, 0) is 27.9 Å². The van der Waals surface area contributed by atoms with Gasteiger partial charge in [0.15, 0.2) is 0 Å². The van der Waals surface area contributed by atoms with Crippen molar-refractivity contribution in [2.45, 2.75) is 116 Å². The summed E-state index contributed by atoms with van der Waals surface area (Å²) in [6.45, 7) is 4.81. The number of esters is 1. The van der Waals surface area contributed by atoms with Gasteiger partial charge >= 0.3 is 13.8 Å². The molecule has 2 unspecified atom stereocenters. The van der Waals surface area contributed by atoms with Crippen molar-refractivity contribution in [3.8, 4) is 0 Å². The van der Waals surface area contributed by atoms with Crippen LogP contribution in [0.1, 0.15) is 110 Å². The molecule has 0 aromatic carbocycles. The highest BCUT2D eigenvalue weighted by molar-refractivity contribution is 7.47. The first kappa shape index (κ1) is 32.5. The van der Waals surface area contributed by atoms with Crippen molar-refractivity contribution in [1.29, 1.82) is 0 Å². The molecule has 0 aromatic heterocycles. The Bertz CT molecular complexity index is 493. The molecule has 0 radical (unpaired) electrons. The Morgan fingerprint density at radius 1 is 0.788 bits per heavy atom. The van der Waals surface area contributed by atoms with Gasteiger partial charge in [0.2, 0.25) is 0 Å². The Hall–Kier alpha value is -0.500. The van der Waals surface area contributed by atoms with Crippen LogP contribution in [0.3, 0.4) is 0 Å². The van der Waals surface area contributed by atoms with Crippen molar-refractivity contribution < 1.29 is 32.8 Å². The zero-order chi connectivity index (χ0) is 24.6. The quantitative estimate of drug-likeness (QED) is 0.0913. The standard InChI is InChI=1S/C24H50NO7P/c1-3-5-7-9-11-13-15-17-24(26)32-23(22-31-33(27,28)30-20-18-25)21-29-19-16-14-12-10-8-6-4-2/h23H,3-22,25H2,1-2H3,(H,27,28). The lowest BCUT2D eigenvalue weighted by molar-refractivity contribution is -0.154. The normalized spacial score (nSPS) is 14.2. The average Bonchev–Trinajstić information content (AvgIpc) is 2.79. The molecule has 33 heavy (non-hydrogen) atoms. The lowest BCUT2D eigenvalue weighted by Crippen LogP contribution is -2.28. The van der Waals surface area contributed by atoms with Crippen LogP contribution >= 0.6 is 7.82 Å². The number of carbonyl (C=O) groups is 1. The Labute approximate surface area is 201 Å². The van der Waals surface area contributed by atoms with E-state index in [1.807, 2.05) is 0 Å². The number of nitrogens with two attached hydrogens (primary N) is 1. The van der Waals surface area contributed by atoms with E-state index in [4.69, 9.17) is 24.3 Å². The maximum absolute atomic E-state index is 12.2. The smallest absolute Gasteiger partial charge is 0.457 e. The molecule has 2 atom stereocenters. The molecule has 0 spiro atoms. The molecule has 0 aliphatic carbocycles. The van der Waals surface area contributed by atoms with E-state index in [-0.39, 0.29) is 32.3 Å². The number of phosphoric acid groups is 1. The zero-order valence-electron chi connectivity index (χ0n) is 21.1. The van der Waals surface area contributed by atoms with Crippen LogP contribution in [0.5, 0.6) is 0 Å². The second kappa shape index (κ2) is 23.3. The summed E-state index contributed by atoms with van der Waals surface area (Å²) in [6.07, 6.45) is 15.6. The minimum absolute atomic E-state index is 0.0920. The fraction of sp³-hybridized carbons (Fsp3) is 0.958. The van der Waals surface area contributed by atoms with Gasteiger partial charge in [-0.1, -0.05) is 90.9 Å². The third-order valence-electron chi connectivity index (χ3n) is 5.27. The number of unbranched alkanes of at least 4 members (excludes halogenated alkanes) is 12. The summed E-state index contributed by atoms with van der Waals surface area (Å²) >= 11 is 0. The molecule has 0 bridgehead atoms. The molecule has 0 aliphatic heterocycles. The van der Waals surface area contributed by atoms with Gasteiger partial charge in [-0.05, 0) is 12.8 Å². The summed E-state index contributed by atoms with van der Waals surface area (Å²) in [5, 5.41) is 0. The van der Waals surface area contributed by atoms with Crippen LogP contribution in [0.2, 0.25) is 0 Å². The van der Waals surface area contributed by atoms with Crippen LogP contribution in [0.25, 0.3) is 0 Å². The molecule has 0 saturated heterocycles. The Morgan fingerprint density at radius 3 is 1.91 bits per heavy atom. The van der Waals surface area contributed by atoms with E-state index in [1.165, 1.54) is 57.8 Å². The van der Waals surface area contributed by atoms with Crippen molar-refractivity contribution in [2.24, 2.45) is 5.73 Å². The summed E-state index contributed by atoms with van der Waals surface area (Å²) in [6, 6.07) is 0. The predicted octanol–water partition coefficient (Wildman–Crippen LogP) is 5.90. The fourth-order valence-electron chi connectivity index (χ4n) is 3.35.